The molecule has 0 bridgehead atoms. The van der Waals surface area contributed by atoms with Gasteiger partial charge in [-0.15, -0.1) is 0 Å². The van der Waals surface area contributed by atoms with Gasteiger partial charge in [-0.25, -0.2) is 0 Å². The first-order chi connectivity index (χ1) is 11.3. The largest absolute Gasteiger partial charge is 0.494 e. The van der Waals surface area contributed by atoms with Crippen molar-refractivity contribution in [3.8, 4) is 17.2 Å². The Morgan fingerprint density at radius 1 is 1.26 bits per heavy atom. The molecule has 1 aromatic carbocycles. The van der Waals surface area contributed by atoms with E-state index in [-0.39, 0.29) is 11.9 Å². The molecule has 0 unspecified atom stereocenters. The molecule has 1 aliphatic rings. The van der Waals surface area contributed by atoms with Gasteiger partial charge in [-0.3, -0.25) is 9.89 Å². The molecule has 6 nitrogen and oxygen atoms in total. The van der Waals surface area contributed by atoms with Crippen LogP contribution in [0.15, 0.2) is 47.1 Å². The molecular weight excluding hydrogens is 294 g/mol. The van der Waals surface area contributed by atoms with Gasteiger partial charge < -0.3 is 14.5 Å². The normalized spacial score (nSPS) is 16.2. The molecule has 3 aromatic rings. The van der Waals surface area contributed by atoms with E-state index in [4.69, 9.17) is 9.15 Å². The molecule has 0 spiro atoms. The molecule has 23 heavy (non-hydrogen) atoms. The Balaban J connectivity index is 1.76. The van der Waals surface area contributed by atoms with Gasteiger partial charge in [0.05, 0.1) is 18.9 Å². The molecule has 6 heteroatoms. The number of aromatic nitrogens is 2. The summed E-state index contributed by atoms with van der Waals surface area (Å²) in [5.74, 6) is 1.28. The van der Waals surface area contributed by atoms with Gasteiger partial charge in [0.25, 0.3) is 5.91 Å². The fourth-order valence-electron chi connectivity index (χ4n) is 2.86. The standard InChI is InChI=1S/C17H15N3O3/c1-2-22-11-7-5-10(6-8-11)14-13-15(12-4-3-9-23-12)19-20-16(13)17(21)18-14/h3-9,14H,2H2,1H3,(H,18,21)(H,19,20)/t14-/m1/s1. The van der Waals surface area contributed by atoms with E-state index in [9.17, 15) is 4.79 Å². The summed E-state index contributed by atoms with van der Waals surface area (Å²) in [6, 6.07) is 11.1. The van der Waals surface area contributed by atoms with Crippen LogP contribution in [0.1, 0.15) is 34.6 Å². The topological polar surface area (TPSA) is 80.1 Å². The van der Waals surface area contributed by atoms with Crippen LogP contribution in [0.3, 0.4) is 0 Å². The number of hydrogen-bond donors (Lipinski definition) is 2. The summed E-state index contributed by atoms with van der Waals surface area (Å²) in [6.45, 7) is 2.56. The molecule has 4 rings (SSSR count). The predicted molar refractivity (Wildman–Crippen MR) is 83.2 cm³/mol. The van der Waals surface area contributed by atoms with Gasteiger partial charge in [-0.2, -0.15) is 5.10 Å². The number of nitrogens with one attached hydrogen (secondary N) is 2. The zero-order valence-corrected chi connectivity index (χ0v) is 12.5. The zero-order valence-electron chi connectivity index (χ0n) is 12.5. The first kappa shape index (κ1) is 13.6. The molecule has 1 atom stereocenters. The average molecular weight is 309 g/mol. The number of rotatable bonds is 4. The lowest BCUT2D eigenvalue weighted by atomic mass is 9.99. The quantitative estimate of drug-likeness (QED) is 0.776. The lowest BCUT2D eigenvalue weighted by Crippen LogP contribution is -2.21. The number of carbonyl (C=O) groups is 1. The molecule has 0 fully saturated rings. The fraction of sp³-hybridized carbons (Fsp3) is 0.176. The predicted octanol–water partition coefficient (Wildman–Crippen LogP) is 2.90. The lowest BCUT2D eigenvalue weighted by molar-refractivity contribution is 0.0955. The summed E-state index contributed by atoms with van der Waals surface area (Å²) in [5.41, 5.74) is 2.92. The average Bonchev–Trinajstić information content (AvgIpc) is 3.27. The van der Waals surface area contributed by atoms with Crippen molar-refractivity contribution in [1.82, 2.24) is 15.5 Å². The molecule has 2 N–H and O–H groups in total. The molecule has 1 amide bonds. The highest BCUT2D eigenvalue weighted by atomic mass is 16.5. The van der Waals surface area contributed by atoms with Crippen molar-refractivity contribution < 1.29 is 13.9 Å². The van der Waals surface area contributed by atoms with E-state index in [2.05, 4.69) is 15.5 Å². The van der Waals surface area contributed by atoms with Crippen LogP contribution >= 0.6 is 0 Å². The van der Waals surface area contributed by atoms with Gasteiger partial charge in [-0.1, -0.05) is 12.1 Å². The number of ether oxygens (including phenoxy) is 1. The summed E-state index contributed by atoms with van der Waals surface area (Å²) >= 11 is 0. The van der Waals surface area contributed by atoms with Gasteiger partial charge >= 0.3 is 0 Å². The van der Waals surface area contributed by atoms with Gasteiger partial charge in [0.15, 0.2) is 11.5 Å². The van der Waals surface area contributed by atoms with Crippen molar-refractivity contribution in [2.24, 2.45) is 0 Å². The smallest absolute Gasteiger partial charge is 0.272 e. The number of carbonyl (C=O) groups excluding carboxylic acids is 1. The molecule has 3 heterocycles. The second-order valence-corrected chi connectivity index (χ2v) is 5.25. The van der Waals surface area contributed by atoms with Crippen LogP contribution in [0.5, 0.6) is 5.75 Å². The summed E-state index contributed by atoms with van der Waals surface area (Å²) in [4.78, 5) is 12.2. The number of aromatic amines is 1. The van der Waals surface area contributed by atoms with Gasteiger partial charge in [-0.05, 0) is 36.8 Å². The molecular formula is C17H15N3O3. The van der Waals surface area contributed by atoms with Crippen LogP contribution in [0.4, 0.5) is 0 Å². The van der Waals surface area contributed by atoms with Crippen molar-refractivity contribution in [2.45, 2.75) is 13.0 Å². The van der Waals surface area contributed by atoms with Crippen molar-refractivity contribution in [3.63, 3.8) is 0 Å². The van der Waals surface area contributed by atoms with E-state index >= 15 is 0 Å². The lowest BCUT2D eigenvalue weighted by Gasteiger charge is -2.13. The number of hydrogen-bond acceptors (Lipinski definition) is 4. The van der Waals surface area contributed by atoms with Crippen molar-refractivity contribution in [2.75, 3.05) is 6.61 Å². The molecule has 2 aromatic heterocycles. The Labute approximate surface area is 132 Å². The van der Waals surface area contributed by atoms with Gasteiger partial charge in [0, 0.05) is 5.56 Å². The Morgan fingerprint density at radius 2 is 2.09 bits per heavy atom. The first-order valence-corrected chi connectivity index (χ1v) is 7.43. The molecule has 0 aliphatic carbocycles. The second-order valence-electron chi connectivity index (χ2n) is 5.25. The van der Waals surface area contributed by atoms with E-state index in [0.717, 1.165) is 22.6 Å². The number of H-pyrrole nitrogens is 1. The number of nitrogens with zero attached hydrogens (tertiary/aromatic N) is 1. The van der Waals surface area contributed by atoms with E-state index in [1.807, 2.05) is 37.3 Å². The number of fused-ring (bicyclic) bond motifs is 1. The summed E-state index contributed by atoms with van der Waals surface area (Å²) in [5, 5.41) is 10.0. The maximum absolute atomic E-state index is 12.2. The fourth-order valence-corrected chi connectivity index (χ4v) is 2.86. The van der Waals surface area contributed by atoms with Crippen molar-refractivity contribution in [1.29, 1.82) is 0 Å². The van der Waals surface area contributed by atoms with Crippen molar-refractivity contribution in [3.05, 3.63) is 59.5 Å². The van der Waals surface area contributed by atoms with E-state index < -0.39 is 0 Å². The molecule has 0 radical (unpaired) electrons. The third-order valence-electron chi connectivity index (χ3n) is 3.88. The SMILES string of the molecule is CCOc1ccc([C@H]2NC(=O)c3n[nH]c(-c4ccco4)c32)cc1. The zero-order chi connectivity index (χ0) is 15.8. The molecule has 116 valence electrons. The highest BCUT2D eigenvalue weighted by molar-refractivity contribution is 5.99. The third-order valence-corrected chi connectivity index (χ3v) is 3.88. The second kappa shape index (κ2) is 5.31. The number of amides is 1. The first-order valence-electron chi connectivity index (χ1n) is 7.43. The number of furan rings is 1. The minimum absolute atomic E-state index is 0.187. The monoisotopic (exact) mass is 309 g/mol. The van der Waals surface area contributed by atoms with Crippen LogP contribution in [-0.2, 0) is 0 Å². The van der Waals surface area contributed by atoms with Crippen LogP contribution in [0, 0.1) is 0 Å². The van der Waals surface area contributed by atoms with Crippen LogP contribution in [0.25, 0.3) is 11.5 Å². The minimum Gasteiger partial charge on any atom is -0.494 e. The Bertz CT molecular complexity index is 835. The van der Waals surface area contributed by atoms with Crippen molar-refractivity contribution >= 4 is 5.91 Å². The molecule has 1 aliphatic heterocycles. The maximum atomic E-state index is 12.2. The summed E-state index contributed by atoms with van der Waals surface area (Å²) < 4.78 is 10.9. The third kappa shape index (κ3) is 2.19. The number of benzene rings is 1. The maximum Gasteiger partial charge on any atom is 0.272 e. The summed E-state index contributed by atoms with van der Waals surface area (Å²) in [7, 11) is 0. The van der Waals surface area contributed by atoms with E-state index in [1.54, 1.807) is 12.3 Å². The Kier molecular flexibility index (Phi) is 3.15. The Hall–Kier alpha value is -3.02. The van der Waals surface area contributed by atoms with Crippen LogP contribution in [0.2, 0.25) is 0 Å². The van der Waals surface area contributed by atoms with E-state index in [1.165, 1.54) is 0 Å². The molecule has 0 saturated carbocycles. The van der Waals surface area contributed by atoms with Gasteiger partial charge in [0.1, 0.15) is 11.4 Å². The Morgan fingerprint density at radius 3 is 2.78 bits per heavy atom. The highest BCUT2D eigenvalue weighted by Crippen LogP contribution is 2.37. The highest BCUT2D eigenvalue weighted by Gasteiger charge is 2.36. The summed E-state index contributed by atoms with van der Waals surface area (Å²) in [6.07, 6.45) is 1.60. The minimum atomic E-state index is -0.257. The van der Waals surface area contributed by atoms with Gasteiger partial charge in [0.2, 0.25) is 0 Å². The van der Waals surface area contributed by atoms with E-state index in [0.29, 0.717) is 18.1 Å². The van der Waals surface area contributed by atoms with Crippen LogP contribution < -0.4 is 10.1 Å². The molecule has 0 saturated heterocycles. The van der Waals surface area contributed by atoms with Crippen LogP contribution in [-0.4, -0.2) is 22.7 Å².